The predicted octanol–water partition coefficient (Wildman–Crippen LogP) is 2.60. The van der Waals surface area contributed by atoms with Crippen molar-refractivity contribution < 1.29 is 38.8 Å². The molecule has 4 N–H and O–H groups in total. The summed E-state index contributed by atoms with van der Waals surface area (Å²) in [6.45, 7) is -0.278. The Morgan fingerprint density at radius 1 is 1.14 bits per heavy atom. The number of nitrogens with zero attached hydrogens (tertiary/aromatic N) is 1. The van der Waals surface area contributed by atoms with Gasteiger partial charge in [0.1, 0.15) is 18.0 Å². The maximum atomic E-state index is 13.9. The van der Waals surface area contributed by atoms with Gasteiger partial charge in [-0.25, -0.2) is 4.39 Å². The highest BCUT2D eigenvalue weighted by molar-refractivity contribution is 5.96. The Kier molecular flexibility index (Phi) is 9.45. The fraction of sp³-hybridized carbons (Fsp3) is 0.500. The number of ether oxygens (including phenoxy) is 2. The average Bonchev–Trinajstić information content (AvgIpc) is 3.64. The van der Waals surface area contributed by atoms with Gasteiger partial charge in [-0.1, -0.05) is 25.0 Å². The van der Waals surface area contributed by atoms with Crippen molar-refractivity contribution in [3.05, 3.63) is 70.6 Å². The molecule has 1 saturated carbocycles. The first-order valence-electron chi connectivity index (χ1n) is 14.7. The van der Waals surface area contributed by atoms with Crippen molar-refractivity contribution >= 4 is 11.8 Å². The van der Waals surface area contributed by atoms with Crippen molar-refractivity contribution in [3.8, 4) is 11.5 Å². The van der Waals surface area contributed by atoms with E-state index in [1.807, 2.05) is 0 Å². The van der Waals surface area contributed by atoms with Gasteiger partial charge >= 0.3 is 0 Å². The molecule has 2 aromatic rings. The highest BCUT2D eigenvalue weighted by atomic mass is 19.1. The quantitative estimate of drug-likeness (QED) is 0.321. The van der Waals surface area contributed by atoms with Crippen molar-refractivity contribution in [2.45, 2.75) is 69.3 Å². The smallest absolute Gasteiger partial charge is 0.247 e. The number of carbonyl (C=O) groups is 2. The van der Waals surface area contributed by atoms with Crippen LogP contribution < -0.4 is 14.8 Å². The molecule has 5 rings (SSSR count). The third kappa shape index (κ3) is 6.16. The van der Waals surface area contributed by atoms with Crippen LogP contribution in [0.15, 0.2) is 48.0 Å². The fourth-order valence-corrected chi connectivity index (χ4v) is 6.58. The molecule has 0 unspecified atom stereocenters. The fourth-order valence-electron chi connectivity index (χ4n) is 6.58. The Bertz CT molecular complexity index is 1330. The highest BCUT2D eigenvalue weighted by Crippen LogP contribution is 2.51. The van der Waals surface area contributed by atoms with Gasteiger partial charge in [0.2, 0.25) is 11.8 Å². The van der Waals surface area contributed by atoms with Crippen LogP contribution in [0.1, 0.15) is 54.7 Å². The third-order valence-corrected chi connectivity index (χ3v) is 8.64. The Morgan fingerprint density at radius 3 is 2.62 bits per heavy atom. The maximum Gasteiger partial charge on any atom is 0.247 e. The van der Waals surface area contributed by atoms with Gasteiger partial charge in [-0.3, -0.25) is 9.59 Å². The topological polar surface area (TPSA) is 129 Å². The summed E-state index contributed by atoms with van der Waals surface area (Å²) >= 11 is 0. The Balaban J connectivity index is 1.53. The Labute approximate surface area is 244 Å². The number of benzene rings is 2. The molecule has 2 aliphatic carbocycles. The van der Waals surface area contributed by atoms with Crippen molar-refractivity contribution in [2.75, 3.05) is 26.8 Å². The number of fused-ring (bicyclic) bond motifs is 3. The maximum absolute atomic E-state index is 13.9. The summed E-state index contributed by atoms with van der Waals surface area (Å²) in [6, 6.07) is 8.70. The number of nitrogens with one attached hydrogen (secondary N) is 1. The minimum Gasteiger partial charge on any atom is -0.493 e. The molecule has 9 nitrogen and oxygen atoms in total. The largest absolute Gasteiger partial charge is 0.493 e. The second kappa shape index (κ2) is 13.2. The molecule has 1 fully saturated rings. The molecule has 4 atom stereocenters. The van der Waals surface area contributed by atoms with Crippen LogP contribution in [0.2, 0.25) is 0 Å². The van der Waals surface area contributed by atoms with Crippen molar-refractivity contribution in [1.82, 2.24) is 10.2 Å². The monoisotopic (exact) mass is 582 g/mol. The third-order valence-electron chi connectivity index (χ3n) is 8.64. The summed E-state index contributed by atoms with van der Waals surface area (Å²) < 4.78 is 25.7. The Hall–Kier alpha value is -3.47. The molecule has 0 spiro atoms. The molecule has 3 aliphatic rings. The lowest BCUT2D eigenvalue weighted by Gasteiger charge is -2.41. The Morgan fingerprint density at radius 2 is 1.93 bits per heavy atom. The minimum atomic E-state index is -1.20. The zero-order valence-electron chi connectivity index (χ0n) is 23.8. The molecule has 10 heteroatoms. The van der Waals surface area contributed by atoms with Crippen molar-refractivity contribution in [1.29, 1.82) is 0 Å². The molecule has 0 bridgehead atoms. The van der Waals surface area contributed by atoms with Gasteiger partial charge in [0, 0.05) is 30.6 Å². The normalized spacial score (nSPS) is 23.0. The van der Waals surface area contributed by atoms with E-state index in [2.05, 4.69) is 5.32 Å². The number of halogens is 1. The predicted molar refractivity (Wildman–Crippen MR) is 152 cm³/mol. The van der Waals surface area contributed by atoms with E-state index in [0.29, 0.717) is 46.6 Å². The van der Waals surface area contributed by atoms with Crippen LogP contribution in [-0.4, -0.2) is 77.1 Å². The van der Waals surface area contributed by atoms with Gasteiger partial charge in [-0.15, -0.1) is 0 Å². The summed E-state index contributed by atoms with van der Waals surface area (Å²) in [5, 5.41) is 33.7. The zero-order valence-corrected chi connectivity index (χ0v) is 23.8. The van der Waals surface area contributed by atoms with Crippen LogP contribution in [0.3, 0.4) is 0 Å². The standard InChI is InChI=1S/C32H39FN2O7/c1-41-26-15-21(18-37)14-23-28-24(32(40)34-10-12-36)17-25(29(39)31(28)42-30(23)26)35(27(38)16-19-5-2-3-6-19)11-9-20-7-4-8-22(33)13-20/h4,7-8,13-15,17,19,25,28-29,31,36-37,39H,2-3,5-6,9-12,16,18H2,1H3,(H,34,40)/t25-,28+,29+,31+/m1/s1. The number of aliphatic hydroxyl groups is 3. The molecule has 2 amide bonds. The first-order valence-corrected chi connectivity index (χ1v) is 14.7. The van der Waals surface area contributed by atoms with Crippen LogP contribution in [0.4, 0.5) is 4.39 Å². The molecule has 0 saturated heterocycles. The van der Waals surface area contributed by atoms with Gasteiger partial charge in [0.05, 0.1) is 32.3 Å². The van der Waals surface area contributed by atoms with E-state index in [4.69, 9.17) is 9.47 Å². The van der Waals surface area contributed by atoms with Crippen LogP contribution in [0.25, 0.3) is 0 Å². The number of hydrogen-bond acceptors (Lipinski definition) is 7. The van der Waals surface area contributed by atoms with Gasteiger partial charge in [-0.2, -0.15) is 0 Å². The summed E-state index contributed by atoms with van der Waals surface area (Å²) in [6.07, 6.45) is 4.31. The summed E-state index contributed by atoms with van der Waals surface area (Å²) in [4.78, 5) is 29.0. The lowest BCUT2D eigenvalue weighted by molar-refractivity contribution is -0.138. The molecule has 0 radical (unpaired) electrons. The van der Waals surface area contributed by atoms with Crippen LogP contribution >= 0.6 is 0 Å². The van der Waals surface area contributed by atoms with Crippen molar-refractivity contribution in [2.24, 2.45) is 5.92 Å². The van der Waals surface area contributed by atoms with Crippen LogP contribution in [0, 0.1) is 11.7 Å². The first kappa shape index (κ1) is 30.0. The van der Waals surface area contributed by atoms with E-state index in [1.54, 1.807) is 35.2 Å². The SMILES string of the molecule is COc1cc(CO)cc2c1O[C@@H]1[C@@H](O)[C@H](N(CCc3cccc(F)c3)C(=O)CC3CCCC3)C=C(C(=O)NCCO)[C@H]21. The minimum absolute atomic E-state index is 0.0262. The summed E-state index contributed by atoms with van der Waals surface area (Å²) in [5.41, 5.74) is 2.16. The molecule has 226 valence electrons. The molecule has 1 heterocycles. The lowest BCUT2D eigenvalue weighted by Crippen LogP contribution is -2.56. The van der Waals surface area contributed by atoms with E-state index in [1.165, 1.54) is 19.2 Å². The molecule has 42 heavy (non-hydrogen) atoms. The van der Waals surface area contributed by atoms with E-state index in [0.717, 1.165) is 25.7 Å². The van der Waals surface area contributed by atoms with E-state index >= 15 is 0 Å². The molecular weight excluding hydrogens is 543 g/mol. The van der Waals surface area contributed by atoms with E-state index in [9.17, 15) is 29.3 Å². The van der Waals surface area contributed by atoms with E-state index in [-0.39, 0.29) is 43.9 Å². The van der Waals surface area contributed by atoms with Crippen LogP contribution in [-0.2, 0) is 22.6 Å². The number of rotatable bonds is 11. The number of carbonyl (C=O) groups excluding carboxylic acids is 2. The number of hydrogen-bond donors (Lipinski definition) is 4. The van der Waals surface area contributed by atoms with Gasteiger partial charge in [-0.05, 0) is 66.6 Å². The second-order valence-corrected chi connectivity index (χ2v) is 11.3. The van der Waals surface area contributed by atoms with Gasteiger partial charge < -0.3 is 35.0 Å². The second-order valence-electron chi connectivity index (χ2n) is 11.3. The molecular formula is C32H39FN2O7. The van der Waals surface area contributed by atoms with Crippen LogP contribution in [0.5, 0.6) is 11.5 Å². The average molecular weight is 583 g/mol. The summed E-state index contributed by atoms with van der Waals surface area (Å²) in [5.74, 6) is -0.656. The van der Waals surface area contributed by atoms with Gasteiger partial charge in [0.15, 0.2) is 11.5 Å². The number of aliphatic hydroxyl groups excluding tert-OH is 3. The van der Waals surface area contributed by atoms with Gasteiger partial charge in [0.25, 0.3) is 0 Å². The first-order chi connectivity index (χ1) is 20.3. The molecule has 1 aliphatic heterocycles. The van der Waals surface area contributed by atoms with Crippen molar-refractivity contribution in [3.63, 3.8) is 0 Å². The lowest BCUT2D eigenvalue weighted by atomic mass is 9.77. The van der Waals surface area contributed by atoms with E-state index < -0.39 is 30.1 Å². The zero-order chi connectivity index (χ0) is 29.8. The summed E-state index contributed by atoms with van der Waals surface area (Å²) in [7, 11) is 1.47. The molecule has 2 aromatic carbocycles. The highest BCUT2D eigenvalue weighted by Gasteiger charge is 2.51. The number of methoxy groups -OCH3 is 1. The molecule has 0 aromatic heterocycles. The number of amides is 2.